The molecule has 1 atom stereocenters. The maximum absolute atomic E-state index is 13.0. The van der Waals surface area contributed by atoms with E-state index < -0.39 is 0 Å². The molecule has 30 heavy (non-hydrogen) atoms. The van der Waals surface area contributed by atoms with Gasteiger partial charge in [0.05, 0.1) is 11.9 Å². The Morgan fingerprint density at radius 1 is 1.33 bits per heavy atom. The van der Waals surface area contributed by atoms with Crippen molar-refractivity contribution in [1.29, 1.82) is 0 Å². The number of anilines is 2. The van der Waals surface area contributed by atoms with E-state index in [1.54, 1.807) is 12.1 Å². The number of carbonyl (C=O) groups is 1. The van der Waals surface area contributed by atoms with Gasteiger partial charge in [0.15, 0.2) is 10.1 Å². The summed E-state index contributed by atoms with van der Waals surface area (Å²) >= 11 is 2.74. The lowest BCUT2D eigenvalue weighted by molar-refractivity contribution is 0.0957. The van der Waals surface area contributed by atoms with Gasteiger partial charge in [0.25, 0.3) is 0 Å². The number of ether oxygens (including phenoxy) is 1. The van der Waals surface area contributed by atoms with Crippen LogP contribution in [0.3, 0.4) is 0 Å². The van der Waals surface area contributed by atoms with Crippen LogP contribution in [0.15, 0.2) is 34.7 Å². The maximum atomic E-state index is 13.0. The molecular weight excluding hydrogens is 423 g/mol. The van der Waals surface area contributed by atoms with Gasteiger partial charge in [-0.05, 0) is 57.0 Å². The van der Waals surface area contributed by atoms with E-state index in [2.05, 4.69) is 20.1 Å². The van der Waals surface area contributed by atoms with Gasteiger partial charge in [-0.1, -0.05) is 23.1 Å². The summed E-state index contributed by atoms with van der Waals surface area (Å²) in [5.74, 6) is 0.0905. The average Bonchev–Trinajstić information content (AvgIpc) is 3.46. The van der Waals surface area contributed by atoms with Gasteiger partial charge in [-0.2, -0.15) is 0 Å². The molecule has 1 aliphatic heterocycles. The predicted octanol–water partition coefficient (Wildman–Crippen LogP) is 4.99. The minimum atomic E-state index is -0.289. The Morgan fingerprint density at radius 2 is 2.13 bits per heavy atom. The van der Waals surface area contributed by atoms with Gasteiger partial charge in [0.2, 0.25) is 5.13 Å². The van der Waals surface area contributed by atoms with Gasteiger partial charge in [-0.3, -0.25) is 4.79 Å². The fourth-order valence-corrected chi connectivity index (χ4v) is 5.19. The first-order chi connectivity index (χ1) is 14.5. The number of aromatic nitrogens is 3. The summed E-state index contributed by atoms with van der Waals surface area (Å²) < 4.78 is 21.6. The summed E-state index contributed by atoms with van der Waals surface area (Å²) in [5.41, 5.74) is 3.56. The molecule has 1 aromatic carbocycles. The second-order valence-electron chi connectivity index (χ2n) is 7.25. The average molecular weight is 447 g/mol. The van der Waals surface area contributed by atoms with Gasteiger partial charge >= 0.3 is 0 Å². The monoisotopic (exact) mass is 446 g/mol. The molecule has 0 saturated carbocycles. The van der Waals surface area contributed by atoms with Crippen LogP contribution in [0.4, 0.5) is 15.2 Å². The minimum absolute atomic E-state index is 0.0786. The molecule has 1 fully saturated rings. The maximum Gasteiger partial charge on any atom is 0.210 e. The standard InChI is InChI=1S/C21H23FN4O2S2/c1-13-10-18(14(2)26(13)11-17-4-3-9-28-17)19(27)12-29-21-25-24-20(30-21)23-16-7-5-15(22)6-8-16/h5-8,10,17H,3-4,9,11-12H2,1-2H3,(H,23,24)/t17-/m1/s1. The van der Waals surface area contributed by atoms with Crippen molar-refractivity contribution in [3.63, 3.8) is 0 Å². The van der Waals surface area contributed by atoms with Gasteiger partial charge in [0, 0.05) is 35.8 Å². The van der Waals surface area contributed by atoms with Crippen LogP contribution in [0.5, 0.6) is 0 Å². The first-order valence-corrected chi connectivity index (χ1v) is 11.6. The van der Waals surface area contributed by atoms with Crippen molar-refractivity contribution < 1.29 is 13.9 Å². The number of benzene rings is 1. The van der Waals surface area contributed by atoms with Crippen molar-refractivity contribution in [3.8, 4) is 0 Å². The van der Waals surface area contributed by atoms with Crippen LogP contribution in [0.25, 0.3) is 0 Å². The molecule has 0 radical (unpaired) electrons. The van der Waals surface area contributed by atoms with Crippen molar-refractivity contribution in [2.45, 2.75) is 43.7 Å². The third-order valence-corrected chi connectivity index (χ3v) is 7.08. The molecule has 4 rings (SSSR count). The summed E-state index contributed by atoms with van der Waals surface area (Å²) in [4.78, 5) is 12.8. The molecule has 158 valence electrons. The molecule has 0 unspecified atom stereocenters. The molecule has 0 spiro atoms. The first-order valence-electron chi connectivity index (χ1n) is 9.80. The number of nitrogens with one attached hydrogen (secondary N) is 1. The zero-order chi connectivity index (χ0) is 21.1. The van der Waals surface area contributed by atoms with Crippen LogP contribution in [-0.4, -0.2) is 39.0 Å². The lowest BCUT2D eigenvalue weighted by atomic mass is 10.2. The Morgan fingerprint density at radius 3 is 2.87 bits per heavy atom. The molecule has 1 saturated heterocycles. The summed E-state index contributed by atoms with van der Waals surface area (Å²) in [5, 5.41) is 11.9. The fourth-order valence-electron chi connectivity index (χ4n) is 3.54. The van der Waals surface area contributed by atoms with Crippen molar-refractivity contribution in [3.05, 3.63) is 53.1 Å². The summed E-state index contributed by atoms with van der Waals surface area (Å²) in [7, 11) is 0. The first kappa shape index (κ1) is 21.0. The number of nitrogens with zero attached hydrogens (tertiary/aromatic N) is 3. The summed E-state index contributed by atoms with van der Waals surface area (Å²) in [6.45, 7) is 5.65. The normalized spacial score (nSPS) is 16.2. The van der Waals surface area contributed by atoms with Crippen LogP contribution in [0.1, 0.15) is 34.6 Å². The van der Waals surface area contributed by atoms with Gasteiger partial charge in [0.1, 0.15) is 5.82 Å². The van der Waals surface area contributed by atoms with Crippen LogP contribution >= 0.6 is 23.1 Å². The van der Waals surface area contributed by atoms with E-state index in [9.17, 15) is 9.18 Å². The van der Waals surface area contributed by atoms with Crippen molar-refractivity contribution >= 4 is 39.7 Å². The number of carbonyl (C=O) groups excluding carboxylic acids is 1. The molecule has 3 aromatic rings. The molecule has 1 aliphatic rings. The SMILES string of the molecule is Cc1cc(C(=O)CSc2nnc(Nc3ccc(F)cc3)s2)c(C)n1C[C@H]1CCCO1. The zero-order valence-electron chi connectivity index (χ0n) is 16.9. The van der Waals surface area contributed by atoms with Gasteiger partial charge in [-0.25, -0.2) is 4.39 Å². The Labute approximate surface area is 182 Å². The molecule has 1 N–H and O–H groups in total. The lowest BCUT2D eigenvalue weighted by Gasteiger charge is -2.14. The van der Waals surface area contributed by atoms with E-state index in [0.29, 0.717) is 15.2 Å². The van der Waals surface area contributed by atoms with Crippen LogP contribution < -0.4 is 5.32 Å². The number of ketones is 1. The third-order valence-electron chi connectivity index (χ3n) is 5.11. The molecule has 0 aliphatic carbocycles. The number of aryl methyl sites for hydroxylation is 1. The Bertz CT molecular complexity index is 1030. The number of halogens is 1. The van der Waals surface area contributed by atoms with E-state index >= 15 is 0 Å². The van der Waals surface area contributed by atoms with Gasteiger partial charge < -0.3 is 14.6 Å². The van der Waals surface area contributed by atoms with E-state index in [1.807, 2.05) is 19.9 Å². The van der Waals surface area contributed by atoms with Crippen molar-refractivity contribution in [2.24, 2.45) is 0 Å². The number of Topliss-reactive ketones (excluding diaryl/α,β-unsaturated/α-hetero) is 1. The van der Waals surface area contributed by atoms with Crippen molar-refractivity contribution in [2.75, 3.05) is 17.7 Å². The smallest absolute Gasteiger partial charge is 0.210 e. The zero-order valence-corrected chi connectivity index (χ0v) is 18.5. The van der Waals surface area contributed by atoms with E-state index in [-0.39, 0.29) is 17.7 Å². The highest BCUT2D eigenvalue weighted by Gasteiger charge is 2.21. The Hall–Kier alpha value is -2.23. The molecule has 6 nitrogen and oxygen atoms in total. The Kier molecular flexibility index (Phi) is 6.50. The highest BCUT2D eigenvalue weighted by atomic mass is 32.2. The van der Waals surface area contributed by atoms with E-state index in [1.165, 1.54) is 35.2 Å². The molecule has 9 heteroatoms. The molecule has 0 amide bonds. The fraction of sp³-hybridized carbons (Fsp3) is 0.381. The minimum Gasteiger partial charge on any atom is -0.376 e. The largest absolute Gasteiger partial charge is 0.376 e. The van der Waals surface area contributed by atoms with E-state index in [0.717, 1.165) is 48.6 Å². The quantitative estimate of drug-likeness (QED) is 0.388. The summed E-state index contributed by atoms with van der Waals surface area (Å²) in [6, 6.07) is 8.01. The summed E-state index contributed by atoms with van der Waals surface area (Å²) in [6.07, 6.45) is 2.41. The highest BCUT2D eigenvalue weighted by molar-refractivity contribution is 8.01. The highest BCUT2D eigenvalue weighted by Crippen LogP contribution is 2.29. The second kappa shape index (κ2) is 9.28. The predicted molar refractivity (Wildman–Crippen MR) is 118 cm³/mol. The number of rotatable bonds is 8. The second-order valence-corrected chi connectivity index (χ2v) is 9.45. The molecule has 0 bridgehead atoms. The number of hydrogen-bond donors (Lipinski definition) is 1. The third kappa shape index (κ3) is 4.91. The number of hydrogen-bond acceptors (Lipinski definition) is 7. The van der Waals surface area contributed by atoms with E-state index in [4.69, 9.17) is 4.74 Å². The van der Waals surface area contributed by atoms with Gasteiger partial charge in [-0.15, -0.1) is 10.2 Å². The molecule has 3 heterocycles. The lowest BCUT2D eigenvalue weighted by Crippen LogP contribution is -2.17. The molecular formula is C21H23FN4O2S2. The van der Waals surface area contributed by atoms with Crippen LogP contribution in [0, 0.1) is 19.7 Å². The van der Waals surface area contributed by atoms with Crippen molar-refractivity contribution in [1.82, 2.24) is 14.8 Å². The molecule has 2 aromatic heterocycles. The number of thioether (sulfide) groups is 1. The Balaban J connectivity index is 1.35. The van der Waals surface area contributed by atoms with Crippen LogP contribution in [-0.2, 0) is 11.3 Å². The topological polar surface area (TPSA) is 69.0 Å². The van der Waals surface area contributed by atoms with Crippen LogP contribution in [0.2, 0.25) is 0 Å².